The zero-order chi connectivity index (χ0) is 19.6. The molecule has 2 aromatic rings. The predicted octanol–water partition coefficient (Wildman–Crippen LogP) is 3.73. The average molecular weight is 392 g/mol. The fraction of sp³-hybridized carbons (Fsp3) is 0.476. The number of aromatic nitrogens is 1. The Morgan fingerprint density at radius 3 is 2.56 bits per heavy atom. The van der Waals surface area contributed by atoms with Crippen molar-refractivity contribution in [2.75, 3.05) is 0 Å². The molecule has 1 aromatic carbocycles. The van der Waals surface area contributed by atoms with Crippen molar-refractivity contribution in [3.05, 3.63) is 57.1 Å². The van der Waals surface area contributed by atoms with Crippen LogP contribution in [0.1, 0.15) is 65.0 Å². The third-order valence-electron chi connectivity index (χ3n) is 5.66. The maximum Gasteiger partial charge on any atom is 0.129 e. The second kappa shape index (κ2) is 8.44. The van der Waals surface area contributed by atoms with E-state index in [1.54, 1.807) is 19.1 Å². The van der Waals surface area contributed by atoms with Crippen molar-refractivity contribution in [2.45, 2.75) is 65.1 Å². The Kier molecular flexibility index (Phi) is 6.22. The Bertz CT molecular complexity index is 821. The summed E-state index contributed by atoms with van der Waals surface area (Å²) in [6.45, 7) is 4.26. The summed E-state index contributed by atoms with van der Waals surface area (Å²) in [4.78, 5) is 11.8. The van der Waals surface area contributed by atoms with Crippen molar-refractivity contribution in [1.29, 1.82) is 0 Å². The van der Waals surface area contributed by atoms with Gasteiger partial charge >= 0.3 is 0 Å². The van der Waals surface area contributed by atoms with Crippen molar-refractivity contribution >= 4 is 17.6 Å². The molecule has 0 spiro atoms. The molecule has 0 radical (unpaired) electrons. The smallest absolute Gasteiger partial charge is 0.129 e. The molecule has 6 heteroatoms. The molecule has 3 rings (SSSR count). The first-order chi connectivity index (χ1) is 12.9. The molecule has 0 saturated heterocycles. The van der Waals surface area contributed by atoms with Gasteiger partial charge in [-0.25, -0.2) is 4.39 Å². The molecule has 4 nitrogen and oxygen atoms in total. The highest BCUT2D eigenvalue weighted by Crippen LogP contribution is 2.27. The quantitative estimate of drug-likeness (QED) is 0.816. The summed E-state index contributed by atoms with van der Waals surface area (Å²) in [5, 5.41) is 15.6. The summed E-state index contributed by atoms with van der Waals surface area (Å²) in [7, 11) is 0. The van der Waals surface area contributed by atoms with Crippen molar-refractivity contribution in [1.82, 2.24) is 9.88 Å². The van der Waals surface area contributed by atoms with Gasteiger partial charge in [0, 0.05) is 40.1 Å². The SMILES string of the molecule is Cc1c(CNC2CCCCC2)c(C(=O)[O-])c(C)n1Cc1c(F)cccc1Cl. The molecule has 1 aliphatic carbocycles. The van der Waals surface area contributed by atoms with E-state index in [0.29, 0.717) is 34.4 Å². The first kappa shape index (κ1) is 19.9. The summed E-state index contributed by atoms with van der Waals surface area (Å²) in [6, 6.07) is 4.97. The topological polar surface area (TPSA) is 57.1 Å². The van der Waals surface area contributed by atoms with Gasteiger partial charge in [0.1, 0.15) is 5.82 Å². The van der Waals surface area contributed by atoms with Crippen molar-refractivity contribution in [3.8, 4) is 0 Å². The number of carboxylic acids is 1. The van der Waals surface area contributed by atoms with Crippen LogP contribution in [0.25, 0.3) is 0 Å². The Balaban J connectivity index is 1.92. The van der Waals surface area contributed by atoms with E-state index < -0.39 is 11.8 Å². The van der Waals surface area contributed by atoms with Crippen LogP contribution in [0.15, 0.2) is 18.2 Å². The highest BCUT2D eigenvalue weighted by molar-refractivity contribution is 6.31. The van der Waals surface area contributed by atoms with Gasteiger partial charge in [-0.3, -0.25) is 0 Å². The Morgan fingerprint density at radius 2 is 1.93 bits per heavy atom. The number of rotatable bonds is 6. The van der Waals surface area contributed by atoms with Crippen molar-refractivity contribution in [2.24, 2.45) is 0 Å². The van der Waals surface area contributed by atoms with E-state index >= 15 is 0 Å². The molecule has 1 saturated carbocycles. The minimum Gasteiger partial charge on any atom is -0.545 e. The number of hydrogen-bond donors (Lipinski definition) is 1. The van der Waals surface area contributed by atoms with E-state index in [1.165, 1.54) is 25.3 Å². The maximum absolute atomic E-state index is 14.2. The molecule has 0 atom stereocenters. The molecule has 0 bridgehead atoms. The van der Waals surface area contributed by atoms with Gasteiger partial charge in [-0.2, -0.15) is 0 Å². The molecule has 0 amide bonds. The largest absolute Gasteiger partial charge is 0.545 e. The lowest BCUT2D eigenvalue weighted by atomic mass is 9.95. The van der Waals surface area contributed by atoms with Gasteiger partial charge in [-0.05, 0) is 44.4 Å². The summed E-state index contributed by atoms with van der Waals surface area (Å²) in [5.74, 6) is -1.60. The van der Waals surface area contributed by atoms with E-state index in [2.05, 4.69) is 5.32 Å². The fourth-order valence-electron chi connectivity index (χ4n) is 4.07. The summed E-state index contributed by atoms with van der Waals surface area (Å²) in [5.41, 5.74) is 2.63. The van der Waals surface area contributed by atoms with Gasteiger partial charge in [0.25, 0.3) is 0 Å². The van der Waals surface area contributed by atoms with E-state index in [9.17, 15) is 14.3 Å². The highest BCUT2D eigenvalue weighted by atomic mass is 35.5. The number of carbonyl (C=O) groups excluding carboxylic acids is 1. The molecule has 0 aliphatic heterocycles. The monoisotopic (exact) mass is 391 g/mol. The zero-order valence-corrected chi connectivity index (χ0v) is 16.5. The summed E-state index contributed by atoms with van der Waals surface area (Å²) in [6.07, 6.45) is 5.90. The van der Waals surface area contributed by atoms with Crippen LogP contribution < -0.4 is 10.4 Å². The molecule has 146 valence electrons. The third-order valence-corrected chi connectivity index (χ3v) is 6.02. The first-order valence-electron chi connectivity index (χ1n) is 9.46. The van der Waals surface area contributed by atoms with Gasteiger partial charge in [0.05, 0.1) is 12.5 Å². The van der Waals surface area contributed by atoms with E-state index in [-0.39, 0.29) is 12.1 Å². The van der Waals surface area contributed by atoms with Crippen LogP contribution in [0.2, 0.25) is 5.02 Å². The number of nitrogens with one attached hydrogen (secondary N) is 1. The predicted molar refractivity (Wildman–Crippen MR) is 102 cm³/mol. The van der Waals surface area contributed by atoms with E-state index in [0.717, 1.165) is 18.5 Å². The lowest BCUT2D eigenvalue weighted by molar-refractivity contribution is -0.255. The Morgan fingerprint density at radius 1 is 1.22 bits per heavy atom. The second-order valence-electron chi connectivity index (χ2n) is 7.31. The summed E-state index contributed by atoms with van der Waals surface area (Å²) < 4.78 is 16.0. The first-order valence-corrected chi connectivity index (χ1v) is 9.84. The average Bonchev–Trinajstić information content (AvgIpc) is 2.87. The second-order valence-corrected chi connectivity index (χ2v) is 7.72. The van der Waals surface area contributed by atoms with Crippen molar-refractivity contribution in [3.63, 3.8) is 0 Å². The normalized spacial score (nSPS) is 15.3. The molecule has 1 heterocycles. The molecule has 27 heavy (non-hydrogen) atoms. The maximum atomic E-state index is 14.2. The minimum atomic E-state index is -1.20. The number of halogens is 2. The van der Waals surface area contributed by atoms with Gasteiger partial charge in [-0.1, -0.05) is 36.9 Å². The molecule has 1 aromatic heterocycles. The van der Waals surface area contributed by atoms with Gasteiger partial charge < -0.3 is 19.8 Å². The zero-order valence-electron chi connectivity index (χ0n) is 15.8. The van der Waals surface area contributed by atoms with Crippen molar-refractivity contribution < 1.29 is 14.3 Å². The number of carboxylic acid groups (broad SMARTS) is 1. The van der Waals surface area contributed by atoms with E-state index in [4.69, 9.17) is 11.6 Å². The van der Waals surface area contributed by atoms with Gasteiger partial charge in [0.2, 0.25) is 0 Å². The number of hydrogen-bond acceptors (Lipinski definition) is 3. The molecule has 1 fully saturated rings. The number of benzene rings is 1. The third kappa shape index (κ3) is 4.19. The number of nitrogens with zero attached hydrogens (tertiary/aromatic N) is 1. The van der Waals surface area contributed by atoms with Crippen LogP contribution in [0, 0.1) is 19.7 Å². The minimum absolute atomic E-state index is 0.187. The number of aromatic carboxylic acids is 1. The van der Waals surface area contributed by atoms with E-state index in [1.807, 2.05) is 11.5 Å². The summed E-state index contributed by atoms with van der Waals surface area (Å²) >= 11 is 6.16. The molecular weight excluding hydrogens is 367 g/mol. The molecule has 1 aliphatic rings. The highest BCUT2D eigenvalue weighted by Gasteiger charge is 2.21. The van der Waals surface area contributed by atoms with Crippen LogP contribution in [0.3, 0.4) is 0 Å². The standard InChI is InChI=1S/C21H26ClFN2O2/c1-13-16(11-24-15-7-4-3-5-8-15)20(21(26)27)14(2)25(13)12-17-18(22)9-6-10-19(17)23/h6,9-10,15,24H,3-5,7-8,11-12H2,1-2H3,(H,26,27)/p-1. The van der Waals surface area contributed by atoms with Gasteiger partial charge in [-0.15, -0.1) is 0 Å². The lowest BCUT2D eigenvalue weighted by Crippen LogP contribution is -2.32. The molecular formula is C21H25ClFN2O2-. The van der Waals surface area contributed by atoms with Crippen LogP contribution in [-0.2, 0) is 13.1 Å². The lowest BCUT2D eigenvalue weighted by Gasteiger charge is -2.23. The fourth-order valence-corrected chi connectivity index (χ4v) is 4.29. The van der Waals surface area contributed by atoms with Crippen LogP contribution >= 0.6 is 11.6 Å². The van der Waals surface area contributed by atoms with Crippen LogP contribution in [-0.4, -0.2) is 16.6 Å². The van der Waals surface area contributed by atoms with Crippen LogP contribution in [0.4, 0.5) is 4.39 Å². The van der Waals surface area contributed by atoms with Crippen LogP contribution in [0.5, 0.6) is 0 Å². The van der Waals surface area contributed by atoms with Gasteiger partial charge in [0.15, 0.2) is 0 Å². The number of carbonyl (C=O) groups is 1. The molecule has 0 unspecified atom stereocenters. The Hall–Kier alpha value is -1.85. The Labute approximate surface area is 164 Å². The molecule has 1 N–H and O–H groups in total.